The lowest BCUT2D eigenvalue weighted by Gasteiger charge is -2.22. The summed E-state index contributed by atoms with van der Waals surface area (Å²) in [6, 6.07) is 4.89. The predicted octanol–water partition coefficient (Wildman–Crippen LogP) is 3.62. The lowest BCUT2D eigenvalue weighted by molar-refractivity contribution is -0.0394. The van der Waals surface area contributed by atoms with Crippen LogP contribution in [0, 0.1) is 5.82 Å². The van der Waals surface area contributed by atoms with Gasteiger partial charge in [0.15, 0.2) is 0 Å². The molecule has 0 bridgehead atoms. The largest absolute Gasteiger partial charge is 0.393 e. The monoisotopic (exact) mass is 346 g/mol. The number of hydrogen-bond acceptors (Lipinski definition) is 4. The van der Waals surface area contributed by atoms with Crippen molar-refractivity contribution in [3.8, 4) is 11.1 Å². The Labute approximate surface area is 146 Å². The van der Waals surface area contributed by atoms with Crippen molar-refractivity contribution in [3.63, 3.8) is 0 Å². The Morgan fingerprint density at radius 3 is 3.00 bits per heavy atom. The molecule has 1 aromatic heterocycles. The summed E-state index contributed by atoms with van der Waals surface area (Å²) in [6.45, 7) is 4.26. The highest BCUT2D eigenvalue weighted by atomic mass is 19.1. The minimum absolute atomic E-state index is 0.0438. The van der Waals surface area contributed by atoms with E-state index in [4.69, 9.17) is 9.47 Å². The number of ether oxygens (including phenoxy) is 2. The van der Waals surface area contributed by atoms with Crippen LogP contribution in [0.15, 0.2) is 43.2 Å². The molecule has 25 heavy (non-hydrogen) atoms. The van der Waals surface area contributed by atoms with Gasteiger partial charge in [0.1, 0.15) is 18.1 Å². The second-order valence-electron chi connectivity index (χ2n) is 6.06. The Morgan fingerprint density at radius 1 is 1.44 bits per heavy atom. The highest BCUT2D eigenvalue weighted by Gasteiger charge is 2.19. The van der Waals surface area contributed by atoms with E-state index in [-0.39, 0.29) is 19.4 Å². The average Bonchev–Trinajstić information content (AvgIpc) is 3.14. The molecule has 0 aliphatic carbocycles. The third-order valence-electron chi connectivity index (χ3n) is 4.31. The van der Waals surface area contributed by atoms with Crippen LogP contribution in [0.3, 0.4) is 0 Å². The number of aliphatic hydroxyl groups is 1. The molecule has 1 N–H and O–H groups in total. The van der Waals surface area contributed by atoms with E-state index in [2.05, 4.69) is 11.7 Å². The lowest BCUT2D eigenvalue weighted by atomic mass is 10.0. The van der Waals surface area contributed by atoms with Crippen LogP contribution >= 0.6 is 0 Å². The molecule has 2 unspecified atom stereocenters. The number of benzene rings is 1. The molecule has 134 valence electrons. The zero-order valence-electron chi connectivity index (χ0n) is 14.1. The molecule has 0 amide bonds. The van der Waals surface area contributed by atoms with Gasteiger partial charge in [0.25, 0.3) is 0 Å². The van der Waals surface area contributed by atoms with Crippen molar-refractivity contribution in [2.75, 3.05) is 19.8 Å². The zero-order valence-corrected chi connectivity index (χ0v) is 14.1. The van der Waals surface area contributed by atoms with E-state index in [1.165, 1.54) is 6.07 Å². The highest BCUT2D eigenvalue weighted by molar-refractivity contribution is 5.62. The Kier molecular flexibility index (Phi) is 5.96. The van der Waals surface area contributed by atoms with Crippen molar-refractivity contribution in [1.82, 2.24) is 9.78 Å². The zero-order chi connectivity index (χ0) is 17.6. The molecule has 2 aromatic rings. The molecule has 1 aliphatic heterocycles. The minimum Gasteiger partial charge on any atom is -0.393 e. The molecule has 6 heteroatoms. The molecule has 1 saturated heterocycles. The number of rotatable bonds is 7. The molecule has 3 rings (SSSR count). The average molecular weight is 346 g/mol. The van der Waals surface area contributed by atoms with Crippen LogP contribution in [0.4, 0.5) is 4.39 Å². The number of aromatic nitrogens is 2. The first-order chi connectivity index (χ1) is 12.2. The van der Waals surface area contributed by atoms with E-state index in [0.717, 1.165) is 37.0 Å². The molecule has 1 aliphatic rings. The van der Waals surface area contributed by atoms with Crippen LogP contribution in [0.1, 0.15) is 37.2 Å². The SMILES string of the molecule is C=CCOC(CO)c1ccc(-c2cnn(C3CCCCO3)c2)cc1F. The Balaban J connectivity index is 1.78. The number of aliphatic hydroxyl groups excluding tert-OH is 1. The number of nitrogens with zero attached hydrogens (tertiary/aromatic N) is 2. The van der Waals surface area contributed by atoms with Crippen molar-refractivity contribution in [2.45, 2.75) is 31.6 Å². The molecular weight excluding hydrogens is 323 g/mol. The number of hydrogen-bond donors (Lipinski definition) is 1. The van der Waals surface area contributed by atoms with E-state index < -0.39 is 11.9 Å². The fourth-order valence-corrected chi connectivity index (χ4v) is 2.97. The maximum absolute atomic E-state index is 14.5. The van der Waals surface area contributed by atoms with E-state index in [9.17, 15) is 9.50 Å². The van der Waals surface area contributed by atoms with Crippen LogP contribution in [0.2, 0.25) is 0 Å². The molecule has 5 nitrogen and oxygen atoms in total. The van der Waals surface area contributed by atoms with Crippen molar-refractivity contribution in [1.29, 1.82) is 0 Å². The summed E-state index contributed by atoms with van der Waals surface area (Å²) in [6.07, 6.45) is 7.55. The summed E-state index contributed by atoms with van der Waals surface area (Å²) in [7, 11) is 0. The molecule has 0 radical (unpaired) electrons. The summed E-state index contributed by atoms with van der Waals surface area (Å²) in [5.41, 5.74) is 1.88. The first-order valence-corrected chi connectivity index (χ1v) is 8.52. The molecule has 2 heterocycles. The quantitative estimate of drug-likeness (QED) is 0.778. The van der Waals surface area contributed by atoms with Crippen LogP contribution in [0.25, 0.3) is 11.1 Å². The predicted molar refractivity (Wildman–Crippen MR) is 92.4 cm³/mol. The van der Waals surface area contributed by atoms with Crippen LogP contribution in [-0.4, -0.2) is 34.7 Å². The summed E-state index contributed by atoms with van der Waals surface area (Å²) in [5, 5.41) is 13.8. The summed E-state index contributed by atoms with van der Waals surface area (Å²) in [4.78, 5) is 0. The fraction of sp³-hybridized carbons (Fsp3) is 0.421. The third kappa shape index (κ3) is 4.15. The maximum Gasteiger partial charge on any atom is 0.150 e. The molecule has 0 spiro atoms. The maximum atomic E-state index is 14.5. The standard InChI is InChI=1S/C19H23FN2O3/c1-2-8-24-18(13-23)16-7-6-14(10-17(16)20)15-11-21-22(12-15)19-5-3-4-9-25-19/h2,6-7,10-12,18-19,23H,1,3-5,8-9,13H2. The van der Waals surface area contributed by atoms with E-state index in [0.29, 0.717) is 5.56 Å². The van der Waals surface area contributed by atoms with Gasteiger partial charge in [-0.2, -0.15) is 5.10 Å². The topological polar surface area (TPSA) is 56.5 Å². The number of halogens is 1. The van der Waals surface area contributed by atoms with Crippen molar-refractivity contribution < 1.29 is 19.0 Å². The Hall–Kier alpha value is -2.02. The third-order valence-corrected chi connectivity index (χ3v) is 4.31. The second-order valence-corrected chi connectivity index (χ2v) is 6.06. The molecule has 0 saturated carbocycles. The molecule has 1 fully saturated rings. The smallest absolute Gasteiger partial charge is 0.150 e. The van der Waals surface area contributed by atoms with Gasteiger partial charge in [-0.15, -0.1) is 6.58 Å². The van der Waals surface area contributed by atoms with Gasteiger partial charge in [0.05, 0.1) is 19.4 Å². The first kappa shape index (κ1) is 17.8. The van der Waals surface area contributed by atoms with Gasteiger partial charge in [-0.05, 0) is 30.9 Å². The van der Waals surface area contributed by atoms with Gasteiger partial charge in [0, 0.05) is 23.9 Å². The van der Waals surface area contributed by atoms with E-state index in [1.54, 1.807) is 29.1 Å². The first-order valence-electron chi connectivity index (χ1n) is 8.52. The van der Waals surface area contributed by atoms with Gasteiger partial charge in [-0.25, -0.2) is 9.07 Å². The minimum atomic E-state index is -0.703. The van der Waals surface area contributed by atoms with Crippen LogP contribution < -0.4 is 0 Å². The van der Waals surface area contributed by atoms with Crippen molar-refractivity contribution >= 4 is 0 Å². The Morgan fingerprint density at radius 2 is 2.32 bits per heavy atom. The molecule has 2 atom stereocenters. The summed E-state index contributed by atoms with van der Waals surface area (Å²) >= 11 is 0. The molecular formula is C19H23FN2O3. The van der Waals surface area contributed by atoms with E-state index >= 15 is 0 Å². The normalized spacial score (nSPS) is 18.9. The molecule has 1 aromatic carbocycles. The summed E-state index contributed by atoms with van der Waals surface area (Å²) in [5.74, 6) is -0.415. The van der Waals surface area contributed by atoms with Gasteiger partial charge in [-0.1, -0.05) is 18.2 Å². The fourth-order valence-electron chi connectivity index (χ4n) is 2.97. The van der Waals surface area contributed by atoms with Crippen LogP contribution in [0.5, 0.6) is 0 Å². The highest BCUT2D eigenvalue weighted by Crippen LogP contribution is 2.28. The lowest BCUT2D eigenvalue weighted by Crippen LogP contribution is -2.18. The van der Waals surface area contributed by atoms with Crippen LogP contribution in [-0.2, 0) is 9.47 Å². The Bertz CT molecular complexity index is 710. The van der Waals surface area contributed by atoms with Gasteiger partial charge in [-0.3, -0.25) is 0 Å². The van der Waals surface area contributed by atoms with E-state index in [1.807, 2.05) is 6.20 Å². The van der Waals surface area contributed by atoms with Gasteiger partial charge in [0.2, 0.25) is 0 Å². The van der Waals surface area contributed by atoms with Crippen molar-refractivity contribution in [2.24, 2.45) is 0 Å². The summed E-state index contributed by atoms with van der Waals surface area (Å²) < 4.78 is 27.4. The second kappa shape index (κ2) is 8.38. The van der Waals surface area contributed by atoms with Gasteiger partial charge < -0.3 is 14.6 Å². The van der Waals surface area contributed by atoms with Crippen molar-refractivity contribution in [3.05, 3.63) is 54.6 Å². The van der Waals surface area contributed by atoms with Gasteiger partial charge >= 0.3 is 0 Å².